The van der Waals surface area contributed by atoms with Gasteiger partial charge < -0.3 is 15.1 Å². The molecule has 0 saturated carbocycles. The van der Waals surface area contributed by atoms with Gasteiger partial charge >= 0.3 is 0 Å². The Morgan fingerprint density at radius 3 is 2.46 bits per heavy atom. The molecule has 35 heavy (non-hydrogen) atoms. The van der Waals surface area contributed by atoms with Crippen LogP contribution in [0.5, 0.6) is 0 Å². The number of carbonyl (C=O) groups excluding carboxylic acids is 1. The van der Waals surface area contributed by atoms with Gasteiger partial charge in [0, 0.05) is 50.0 Å². The number of anilines is 2. The largest absolute Gasteiger partial charge is 0.354 e. The van der Waals surface area contributed by atoms with Crippen molar-refractivity contribution in [3.63, 3.8) is 0 Å². The SMILES string of the molecule is Cc1ccccc1NS(=O)(=O)c1ccc(C)c(C(=O)NCc2cccnc2N2CCN(C)CC2)c1. The highest BCUT2D eigenvalue weighted by atomic mass is 32.2. The molecule has 4 rings (SSSR count). The summed E-state index contributed by atoms with van der Waals surface area (Å²) in [4.78, 5) is 22.2. The number of likely N-dealkylation sites (N-methyl/N-ethyl adjacent to an activating group) is 1. The molecule has 1 saturated heterocycles. The van der Waals surface area contributed by atoms with Crippen molar-refractivity contribution in [1.29, 1.82) is 0 Å². The Hall–Kier alpha value is -3.43. The van der Waals surface area contributed by atoms with Crippen LogP contribution < -0.4 is 14.9 Å². The van der Waals surface area contributed by atoms with Gasteiger partial charge in [0.25, 0.3) is 15.9 Å². The quantitative estimate of drug-likeness (QED) is 0.525. The first-order valence-electron chi connectivity index (χ1n) is 11.6. The van der Waals surface area contributed by atoms with Gasteiger partial charge in [-0.2, -0.15) is 0 Å². The third-order valence-corrected chi connectivity index (χ3v) is 7.63. The Morgan fingerprint density at radius 1 is 0.971 bits per heavy atom. The van der Waals surface area contributed by atoms with Gasteiger partial charge in [0.15, 0.2) is 0 Å². The third-order valence-electron chi connectivity index (χ3n) is 6.26. The van der Waals surface area contributed by atoms with Gasteiger partial charge in [-0.3, -0.25) is 9.52 Å². The van der Waals surface area contributed by atoms with Crippen molar-refractivity contribution >= 4 is 27.4 Å². The first-order valence-corrected chi connectivity index (χ1v) is 13.1. The number of sulfonamides is 1. The fourth-order valence-electron chi connectivity index (χ4n) is 4.05. The molecule has 0 aliphatic carbocycles. The highest BCUT2D eigenvalue weighted by Crippen LogP contribution is 2.22. The first kappa shape index (κ1) is 24.7. The summed E-state index contributed by atoms with van der Waals surface area (Å²) in [5, 5.41) is 2.95. The van der Waals surface area contributed by atoms with Gasteiger partial charge in [0.05, 0.1) is 10.6 Å². The number of hydrogen-bond acceptors (Lipinski definition) is 6. The topological polar surface area (TPSA) is 94.6 Å². The van der Waals surface area contributed by atoms with E-state index in [4.69, 9.17) is 0 Å². The van der Waals surface area contributed by atoms with Crippen LogP contribution in [0.15, 0.2) is 65.7 Å². The number of aromatic nitrogens is 1. The third kappa shape index (κ3) is 5.80. The standard InChI is InChI=1S/C26H31N5O3S/c1-19-10-11-22(35(33,34)29-24-9-5-4-7-20(24)2)17-23(19)26(32)28-18-21-8-6-12-27-25(21)31-15-13-30(3)14-16-31/h4-12,17,29H,13-16,18H2,1-3H3,(H,28,32). The fraction of sp³-hybridized carbons (Fsp3) is 0.308. The van der Waals surface area contributed by atoms with Gasteiger partial charge in [0.1, 0.15) is 5.82 Å². The number of pyridine rings is 1. The Labute approximate surface area is 207 Å². The van der Waals surface area contributed by atoms with Crippen molar-refractivity contribution in [1.82, 2.24) is 15.2 Å². The number of hydrogen-bond donors (Lipinski definition) is 2. The van der Waals surface area contributed by atoms with E-state index >= 15 is 0 Å². The van der Waals surface area contributed by atoms with Crippen LogP contribution in [0, 0.1) is 13.8 Å². The molecule has 3 aromatic rings. The van der Waals surface area contributed by atoms with Gasteiger partial charge in [-0.15, -0.1) is 0 Å². The van der Waals surface area contributed by atoms with E-state index in [9.17, 15) is 13.2 Å². The number of para-hydroxylation sites is 1. The second-order valence-corrected chi connectivity index (χ2v) is 10.5. The van der Waals surface area contributed by atoms with Crippen LogP contribution >= 0.6 is 0 Å². The summed E-state index contributed by atoms with van der Waals surface area (Å²) in [6.07, 6.45) is 1.76. The van der Waals surface area contributed by atoms with Crippen LogP contribution in [0.1, 0.15) is 27.0 Å². The Kier molecular flexibility index (Phi) is 7.37. The molecule has 0 unspecified atom stereocenters. The molecule has 9 heteroatoms. The van der Waals surface area contributed by atoms with Gasteiger partial charge in [-0.1, -0.05) is 30.3 Å². The molecule has 1 aromatic heterocycles. The smallest absolute Gasteiger partial charge is 0.261 e. The summed E-state index contributed by atoms with van der Waals surface area (Å²) in [7, 11) is -1.75. The zero-order valence-electron chi connectivity index (χ0n) is 20.3. The second-order valence-electron chi connectivity index (χ2n) is 8.86. The summed E-state index contributed by atoms with van der Waals surface area (Å²) in [6, 6.07) is 15.6. The van der Waals surface area contributed by atoms with Crippen LogP contribution in [0.25, 0.3) is 0 Å². The normalized spacial score (nSPS) is 14.5. The molecule has 8 nitrogen and oxygen atoms in total. The van der Waals surface area contributed by atoms with Crippen LogP contribution in [0.2, 0.25) is 0 Å². The molecule has 1 aliphatic heterocycles. The molecule has 0 spiro atoms. The van der Waals surface area contributed by atoms with E-state index < -0.39 is 10.0 Å². The predicted octanol–water partition coefficient (Wildman–Crippen LogP) is 3.18. The van der Waals surface area contributed by atoms with Crippen molar-refractivity contribution in [2.75, 3.05) is 42.8 Å². The summed E-state index contributed by atoms with van der Waals surface area (Å²) < 4.78 is 28.6. The molecular formula is C26H31N5O3S. The van der Waals surface area contributed by atoms with Crippen molar-refractivity contribution in [2.24, 2.45) is 0 Å². The number of aryl methyl sites for hydroxylation is 2. The molecule has 2 heterocycles. The first-order chi connectivity index (χ1) is 16.7. The summed E-state index contributed by atoms with van der Waals surface area (Å²) in [5.74, 6) is 0.542. The molecule has 2 aromatic carbocycles. The van der Waals surface area contributed by atoms with Gasteiger partial charge in [-0.25, -0.2) is 13.4 Å². The van der Waals surface area contributed by atoms with E-state index in [1.165, 1.54) is 12.1 Å². The van der Waals surface area contributed by atoms with Crippen molar-refractivity contribution in [2.45, 2.75) is 25.3 Å². The summed E-state index contributed by atoms with van der Waals surface area (Å²) in [5.41, 5.74) is 3.26. The predicted molar refractivity (Wildman–Crippen MR) is 138 cm³/mol. The van der Waals surface area contributed by atoms with Crippen LogP contribution in [-0.4, -0.2) is 57.4 Å². The molecule has 0 radical (unpaired) electrons. The van der Waals surface area contributed by atoms with Gasteiger partial charge in [0.2, 0.25) is 0 Å². The maximum absolute atomic E-state index is 13.1. The van der Waals surface area contributed by atoms with Crippen LogP contribution in [-0.2, 0) is 16.6 Å². The lowest BCUT2D eigenvalue weighted by Crippen LogP contribution is -2.45. The number of benzene rings is 2. The monoisotopic (exact) mass is 493 g/mol. The summed E-state index contributed by atoms with van der Waals surface area (Å²) in [6.45, 7) is 7.59. The molecule has 1 fully saturated rings. The molecule has 0 atom stereocenters. The Morgan fingerprint density at radius 2 is 1.71 bits per heavy atom. The van der Waals surface area contributed by atoms with Crippen molar-refractivity contribution in [3.05, 3.63) is 83.0 Å². The number of nitrogens with one attached hydrogen (secondary N) is 2. The van der Waals surface area contributed by atoms with E-state index in [1.54, 1.807) is 31.3 Å². The average molecular weight is 494 g/mol. The average Bonchev–Trinajstić information content (AvgIpc) is 2.85. The van der Waals surface area contributed by atoms with E-state index in [0.29, 0.717) is 23.4 Å². The van der Waals surface area contributed by atoms with Crippen LogP contribution in [0.4, 0.5) is 11.5 Å². The zero-order valence-corrected chi connectivity index (χ0v) is 21.1. The van der Waals surface area contributed by atoms with E-state index in [1.807, 2.05) is 31.2 Å². The minimum atomic E-state index is -3.85. The minimum Gasteiger partial charge on any atom is -0.354 e. The van der Waals surface area contributed by atoms with Crippen molar-refractivity contribution < 1.29 is 13.2 Å². The van der Waals surface area contributed by atoms with Crippen LogP contribution in [0.3, 0.4) is 0 Å². The zero-order chi connectivity index (χ0) is 25.0. The van der Waals surface area contributed by atoms with E-state index in [0.717, 1.165) is 43.1 Å². The van der Waals surface area contributed by atoms with Gasteiger partial charge in [-0.05, 0) is 56.3 Å². The number of nitrogens with zero attached hydrogens (tertiary/aromatic N) is 3. The lowest BCUT2D eigenvalue weighted by atomic mass is 10.1. The molecule has 2 N–H and O–H groups in total. The molecule has 1 aliphatic rings. The highest BCUT2D eigenvalue weighted by Gasteiger charge is 2.21. The minimum absolute atomic E-state index is 0.0380. The number of piperazine rings is 1. The molecule has 184 valence electrons. The number of rotatable bonds is 7. The molecule has 0 bridgehead atoms. The maximum Gasteiger partial charge on any atom is 0.261 e. The summed E-state index contributed by atoms with van der Waals surface area (Å²) >= 11 is 0. The molecular weight excluding hydrogens is 462 g/mol. The van der Waals surface area contributed by atoms with Crippen molar-refractivity contribution in [3.8, 4) is 0 Å². The van der Waals surface area contributed by atoms with E-state index in [2.05, 4.69) is 31.9 Å². The lowest BCUT2D eigenvalue weighted by Gasteiger charge is -2.34. The fourth-order valence-corrected chi connectivity index (χ4v) is 5.20. The van der Waals surface area contributed by atoms with E-state index in [-0.39, 0.29) is 10.8 Å². The highest BCUT2D eigenvalue weighted by molar-refractivity contribution is 7.92. The molecule has 1 amide bonds. The lowest BCUT2D eigenvalue weighted by molar-refractivity contribution is 0.0950. The number of amides is 1. The maximum atomic E-state index is 13.1. The second kappa shape index (κ2) is 10.5. The number of carbonyl (C=O) groups is 1. The Bertz CT molecular complexity index is 1320. The Balaban J connectivity index is 1.50.